The number of rotatable bonds is 5. The molecule has 4 heteroatoms. The summed E-state index contributed by atoms with van der Waals surface area (Å²) < 4.78 is 1.27. The van der Waals surface area contributed by atoms with Crippen molar-refractivity contribution in [3.8, 4) is 0 Å². The number of nitrogens with zero attached hydrogens (tertiary/aromatic N) is 2. The van der Waals surface area contributed by atoms with E-state index in [-0.39, 0.29) is 12.2 Å². The first-order valence-corrected chi connectivity index (χ1v) is 8.73. The maximum atomic E-state index is 12.9. The zero-order valence-corrected chi connectivity index (χ0v) is 14.7. The fourth-order valence-corrected chi connectivity index (χ4v) is 2.81. The van der Waals surface area contributed by atoms with E-state index in [1.165, 1.54) is 4.73 Å². The number of fused-ring (bicyclic) bond motifs is 1. The molecule has 0 N–H and O–H groups in total. The monoisotopic (exact) mass is 354 g/mol. The molecule has 0 aliphatic carbocycles. The van der Waals surface area contributed by atoms with Gasteiger partial charge in [-0.05, 0) is 29.3 Å². The highest BCUT2D eigenvalue weighted by molar-refractivity contribution is 5.79. The molecule has 0 saturated carbocycles. The van der Waals surface area contributed by atoms with Gasteiger partial charge in [0.2, 0.25) is 0 Å². The molecular formula is C23H18N2O2. The summed E-state index contributed by atoms with van der Waals surface area (Å²) in [5, 5.41) is 0.530. The largest absolute Gasteiger partial charge is 0.404 e. The molecule has 4 nitrogen and oxygen atoms in total. The van der Waals surface area contributed by atoms with Crippen molar-refractivity contribution >= 4 is 23.1 Å². The molecular weight excluding hydrogens is 336 g/mol. The van der Waals surface area contributed by atoms with Crippen molar-refractivity contribution in [2.75, 3.05) is 0 Å². The zero-order valence-electron chi connectivity index (χ0n) is 14.7. The molecule has 0 fully saturated rings. The van der Waals surface area contributed by atoms with Crippen molar-refractivity contribution in [1.29, 1.82) is 0 Å². The zero-order chi connectivity index (χ0) is 18.5. The van der Waals surface area contributed by atoms with E-state index < -0.39 is 0 Å². The van der Waals surface area contributed by atoms with Crippen molar-refractivity contribution in [3.05, 3.63) is 112 Å². The average Bonchev–Trinajstić information content (AvgIpc) is 2.73. The van der Waals surface area contributed by atoms with E-state index in [4.69, 9.17) is 4.84 Å². The van der Waals surface area contributed by atoms with Gasteiger partial charge >= 0.3 is 0 Å². The molecule has 4 aromatic rings. The SMILES string of the molecule is O=c1c2ccccc2nc(C=Cc2ccccc2)n1OCc1ccccc1. The Morgan fingerprint density at radius 1 is 0.815 bits per heavy atom. The van der Waals surface area contributed by atoms with Gasteiger partial charge in [-0.15, -0.1) is 4.73 Å². The molecule has 0 spiro atoms. The van der Waals surface area contributed by atoms with Gasteiger partial charge in [0, 0.05) is 0 Å². The van der Waals surface area contributed by atoms with Crippen LogP contribution in [0.25, 0.3) is 23.1 Å². The van der Waals surface area contributed by atoms with E-state index in [1.807, 2.05) is 84.9 Å². The fourth-order valence-electron chi connectivity index (χ4n) is 2.81. The van der Waals surface area contributed by atoms with Gasteiger partial charge in [-0.2, -0.15) is 0 Å². The van der Waals surface area contributed by atoms with Crippen LogP contribution in [0.1, 0.15) is 17.0 Å². The molecule has 4 rings (SSSR count). The second kappa shape index (κ2) is 7.70. The second-order valence-electron chi connectivity index (χ2n) is 6.09. The van der Waals surface area contributed by atoms with Crippen molar-refractivity contribution in [1.82, 2.24) is 9.71 Å². The van der Waals surface area contributed by atoms with Crippen LogP contribution in [0.2, 0.25) is 0 Å². The lowest BCUT2D eigenvalue weighted by atomic mass is 10.2. The van der Waals surface area contributed by atoms with Crippen LogP contribution in [0.3, 0.4) is 0 Å². The van der Waals surface area contributed by atoms with Gasteiger partial charge in [-0.1, -0.05) is 78.9 Å². The minimum atomic E-state index is -0.218. The van der Waals surface area contributed by atoms with E-state index in [1.54, 1.807) is 12.1 Å². The molecule has 1 heterocycles. The minimum absolute atomic E-state index is 0.218. The Morgan fingerprint density at radius 3 is 2.26 bits per heavy atom. The summed E-state index contributed by atoms with van der Waals surface area (Å²) in [6.45, 7) is 0.285. The van der Waals surface area contributed by atoms with Crippen LogP contribution in [0, 0.1) is 0 Å². The Labute approximate surface area is 157 Å². The van der Waals surface area contributed by atoms with E-state index in [9.17, 15) is 4.79 Å². The Hall–Kier alpha value is -3.66. The third-order valence-electron chi connectivity index (χ3n) is 4.19. The van der Waals surface area contributed by atoms with Gasteiger partial charge < -0.3 is 4.84 Å². The first-order valence-electron chi connectivity index (χ1n) is 8.73. The van der Waals surface area contributed by atoms with E-state index in [0.717, 1.165) is 11.1 Å². The van der Waals surface area contributed by atoms with Crippen molar-refractivity contribution in [2.45, 2.75) is 6.61 Å². The summed E-state index contributed by atoms with van der Waals surface area (Å²) in [6, 6.07) is 26.9. The minimum Gasteiger partial charge on any atom is -0.404 e. The summed E-state index contributed by atoms with van der Waals surface area (Å²) in [7, 11) is 0. The van der Waals surface area contributed by atoms with Crippen LogP contribution in [0.15, 0.2) is 89.7 Å². The third kappa shape index (κ3) is 3.80. The highest BCUT2D eigenvalue weighted by Crippen LogP contribution is 2.11. The first-order chi connectivity index (χ1) is 13.3. The van der Waals surface area contributed by atoms with Gasteiger partial charge in [-0.3, -0.25) is 4.79 Å². The molecule has 1 aromatic heterocycles. The molecule has 27 heavy (non-hydrogen) atoms. The maximum Gasteiger partial charge on any atom is 0.294 e. The highest BCUT2D eigenvalue weighted by Gasteiger charge is 2.10. The van der Waals surface area contributed by atoms with Crippen molar-refractivity contribution in [3.63, 3.8) is 0 Å². The predicted molar refractivity (Wildman–Crippen MR) is 108 cm³/mol. The van der Waals surface area contributed by atoms with Crippen LogP contribution >= 0.6 is 0 Å². The molecule has 0 saturated heterocycles. The lowest BCUT2D eigenvalue weighted by Gasteiger charge is -2.12. The molecule has 0 aliphatic rings. The van der Waals surface area contributed by atoms with Gasteiger partial charge in [0.1, 0.15) is 6.61 Å². The van der Waals surface area contributed by atoms with Gasteiger partial charge in [0.05, 0.1) is 10.9 Å². The average molecular weight is 354 g/mol. The molecule has 132 valence electrons. The van der Waals surface area contributed by atoms with Gasteiger partial charge in [0.15, 0.2) is 5.82 Å². The van der Waals surface area contributed by atoms with E-state index >= 15 is 0 Å². The number of aromatic nitrogens is 2. The summed E-state index contributed by atoms with van der Waals surface area (Å²) in [4.78, 5) is 23.4. The van der Waals surface area contributed by atoms with E-state index in [0.29, 0.717) is 16.7 Å². The van der Waals surface area contributed by atoms with Crippen molar-refractivity contribution in [2.24, 2.45) is 0 Å². The quantitative estimate of drug-likeness (QED) is 0.540. The van der Waals surface area contributed by atoms with Crippen LogP contribution in [0.4, 0.5) is 0 Å². The van der Waals surface area contributed by atoms with Crippen LogP contribution < -0.4 is 10.4 Å². The molecule has 3 aromatic carbocycles. The predicted octanol–water partition coefficient (Wildman–Crippen LogP) is 4.20. The van der Waals surface area contributed by atoms with Crippen LogP contribution in [-0.2, 0) is 6.61 Å². The second-order valence-corrected chi connectivity index (χ2v) is 6.09. The summed E-state index contributed by atoms with van der Waals surface area (Å²) in [5.74, 6) is 0.457. The number of hydrogen-bond donors (Lipinski definition) is 0. The van der Waals surface area contributed by atoms with Crippen LogP contribution in [-0.4, -0.2) is 9.71 Å². The Bertz CT molecular complexity index is 1130. The molecule has 0 radical (unpaired) electrons. The normalized spacial score (nSPS) is 11.1. The fraction of sp³-hybridized carbons (Fsp3) is 0.0435. The number of hydrogen-bond acceptors (Lipinski definition) is 3. The summed E-state index contributed by atoms with van der Waals surface area (Å²) in [5.41, 5.74) is 2.43. The molecule has 0 atom stereocenters. The molecule has 0 amide bonds. The highest BCUT2D eigenvalue weighted by atomic mass is 16.7. The number of para-hydroxylation sites is 1. The standard InChI is InChI=1S/C23H18N2O2/c26-23-20-13-7-8-14-21(20)24-22(16-15-18-9-3-1-4-10-18)25(23)27-17-19-11-5-2-6-12-19/h1-16H,17H2. The van der Waals surface area contributed by atoms with Gasteiger partial charge in [0.25, 0.3) is 5.56 Å². The number of benzene rings is 3. The molecule has 0 unspecified atom stereocenters. The summed E-state index contributed by atoms with van der Waals surface area (Å²) in [6.07, 6.45) is 3.72. The summed E-state index contributed by atoms with van der Waals surface area (Å²) >= 11 is 0. The van der Waals surface area contributed by atoms with Gasteiger partial charge in [-0.25, -0.2) is 4.98 Å². The lowest BCUT2D eigenvalue weighted by molar-refractivity contribution is 0.0865. The Morgan fingerprint density at radius 2 is 1.48 bits per heavy atom. The lowest BCUT2D eigenvalue weighted by Crippen LogP contribution is -2.30. The smallest absolute Gasteiger partial charge is 0.294 e. The topological polar surface area (TPSA) is 44.1 Å². The van der Waals surface area contributed by atoms with Crippen molar-refractivity contribution < 1.29 is 4.84 Å². The third-order valence-corrected chi connectivity index (χ3v) is 4.19. The Kier molecular flexibility index (Phi) is 4.79. The molecule has 0 aliphatic heterocycles. The first kappa shape index (κ1) is 16.8. The van der Waals surface area contributed by atoms with E-state index in [2.05, 4.69) is 4.98 Å². The molecule has 0 bridgehead atoms. The van der Waals surface area contributed by atoms with Crippen LogP contribution in [0.5, 0.6) is 0 Å². The Balaban J connectivity index is 1.75. The maximum absolute atomic E-state index is 12.9.